The minimum Gasteiger partial charge on any atom is -0.490 e. The van der Waals surface area contributed by atoms with Crippen LogP contribution in [0.25, 0.3) is 21.9 Å². The number of hydrogen-bond acceptors (Lipinski definition) is 4. The first-order chi connectivity index (χ1) is 14.8. The summed E-state index contributed by atoms with van der Waals surface area (Å²) in [7, 11) is 0. The Hall–Kier alpha value is -2.63. The third-order valence-electron chi connectivity index (χ3n) is 6.09. The Morgan fingerprint density at radius 1 is 0.968 bits per heavy atom. The number of carbonyl (C=O) groups excluding carboxylic acids is 1. The summed E-state index contributed by atoms with van der Waals surface area (Å²) in [4.78, 5) is 18.6. The largest absolute Gasteiger partial charge is 0.490 e. The summed E-state index contributed by atoms with van der Waals surface area (Å²) >= 11 is 0. The Bertz CT molecular complexity index is 1030. The molecule has 2 aromatic carbocycles. The number of benzene rings is 2. The number of likely N-dealkylation sites (tertiary alicyclic amines) is 1. The van der Waals surface area contributed by atoms with Crippen LogP contribution in [0.15, 0.2) is 60.9 Å². The van der Waals surface area contributed by atoms with Crippen molar-refractivity contribution in [3.63, 3.8) is 0 Å². The van der Waals surface area contributed by atoms with Gasteiger partial charge in [-0.2, -0.15) is 0 Å². The molecule has 5 rings (SSSR count). The van der Waals surface area contributed by atoms with E-state index >= 15 is 0 Å². The van der Waals surface area contributed by atoms with Crippen LogP contribution in [-0.4, -0.2) is 47.7 Å². The first kappa shape index (κ1) is 21.6. The molecule has 1 atom stereocenters. The number of rotatable bonds is 4. The van der Waals surface area contributed by atoms with E-state index in [0.29, 0.717) is 6.61 Å². The van der Waals surface area contributed by atoms with Gasteiger partial charge in [-0.15, -0.1) is 12.4 Å². The highest BCUT2D eigenvalue weighted by atomic mass is 35.5. The third-order valence-corrected chi connectivity index (χ3v) is 6.09. The van der Waals surface area contributed by atoms with Crippen molar-refractivity contribution in [2.45, 2.75) is 37.9 Å². The van der Waals surface area contributed by atoms with Gasteiger partial charge in [0.25, 0.3) is 5.91 Å². The van der Waals surface area contributed by atoms with Gasteiger partial charge in [-0.3, -0.25) is 9.78 Å². The predicted octanol–water partition coefficient (Wildman–Crippen LogP) is 4.87. The highest BCUT2D eigenvalue weighted by Gasteiger charge is 2.31. The first-order valence-corrected chi connectivity index (χ1v) is 10.8. The standard InChI is InChI=1S/C25H26N2O3.ClH/c28-25(24-2-1-15-29-24)27-13-10-23(11-14-27)30-22-7-5-18(6-8-22)19-3-4-21-17-26-12-9-20(21)16-19;/h3-9,12,16-17,23-24H,1-2,10-11,13-15H2;1H/t24-;/m1./s1. The topological polar surface area (TPSA) is 51.7 Å². The lowest BCUT2D eigenvalue weighted by Gasteiger charge is -2.33. The average Bonchev–Trinajstić information content (AvgIpc) is 3.34. The second kappa shape index (κ2) is 9.67. The molecular formula is C25H27ClN2O3. The molecule has 0 bridgehead atoms. The molecule has 5 nitrogen and oxygen atoms in total. The van der Waals surface area contributed by atoms with E-state index in [-0.39, 0.29) is 30.5 Å². The minimum absolute atomic E-state index is 0. The van der Waals surface area contributed by atoms with E-state index in [1.807, 2.05) is 35.5 Å². The zero-order valence-corrected chi connectivity index (χ0v) is 18.2. The van der Waals surface area contributed by atoms with Crippen LogP contribution in [0.4, 0.5) is 0 Å². The van der Waals surface area contributed by atoms with E-state index in [2.05, 4.69) is 35.3 Å². The van der Waals surface area contributed by atoms with Crippen molar-refractivity contribution < 1.29 is 14.3 Å². The number of carbonyl (C=O) groups is 1. The molecule has 1 aromatic heterocycles. The van der Waals surface area contributed by atoms with Gasteiger partial charge in [-0.05, 0) is 53.6 Å². The maximum absolute atomic E-state index is 12.5. The number of halogens is 1. The Morgan fingerprint density at radius 2 is 1.74 bits per heavy atom. The Labute approximate surface area is 188 Å². The number of fused-ring (bicyclic) bond motifs is 1. The maximum atomic E-state index is 12.5. The van der Waals surface area contributed by atoms with Gasteiger partial charge < -0.3 is 14.4 Å². The van der Waals surface area contributed by atoms with Gasteiger partial charge in [0.2, 0.25) is 0 Å². The van der Waals surface area contributed by atoms with Crippen molar-refractivity contribution in [3.8, 4) is 16.9 Å². The lowest BCUT2D eigenvalue weighted by atomic mass is 10.0. The van der Waals surface area contributed by atoms with E-state index < -0.39 is 0 Å². The molecule has 6 heteroatoms. The van der Waals surface area contributed by atoms with Gasteiger partial charge in [0.15, 0.2) is 0 Å². The fourth-order valence-corrected chi connectivity index (χ4v) is 4.35. The van der Waals surface area contributed by atoms with E-state index in [1.54, 1.807) is 0 Å². The van der Waals surface area contributed by atoms with E-state index in [9.17, 15) is 4.79 Å². The molecule has 3 aromatic rings. The number of amides is 1. The highest BCUT2D eigenvalue weighted by Crippen LogP contribution is 2.27. The van der Waals surface area contributed by atoms with Crippen LogP contribution in [0.2, 0.25) is 0 Å². The SMILES string of the molecule is Cl.O=C([C@H]1CCCO1)N1CCC(Oc2ccc(-c3ccc4cnccc4c3)cc2)CC1. The van der Waals surface area contributed by atoms with Crippen molar-refractivity contribution in [1.29, 1.82) is 0 Å². The molecule has 0 aliphatic carbocycles. The van der Waals surface area contributed by atoms with E-state index in [1.165, 1.54) is 10.9 Å². The number of pyridine rings is 1. The van der Waals surface area contributed by atoms with Crippen LogP contribution < -0.4 is 4.74 Å². The summed E-state index contributed by atoms with van der Waals surface area (Å²) in [5.74, 6) is 1.04. The molecule has 1 amide bonds. The molecule has 31 heavy (non-hydrogen) atoms. The van der Waals surface area contributed by atoms with Crippen molar-refractivity contribution in [2.75, 3.05) is 19.7 Å². The fourth-order valence-electron chi connectivity index (χ4n) is 4.35. The molecule has 0 unspecified atom stereocenters. The van der Waals surface area contributed by atoms with E-state index in [4.69, 9.17) is 9.47 Å². The van der Waals surface area contributed by atoms with Crippen LogP contribution in [0, 0.1) is 0 Å². The molecule has 3 heterocycles. The normalized spacial score (nSPS) is 19.2. The van der Waals surface area contributed by atoms with Crippen molar-refractivity contribution in [2.24, 2.45) is 0 Å². The maximum Gasteiger partial charge on any atom is 0.251 e. The van der Waals surface area contributed by atoms with Gasteiger partial charge in [0.05, 0.1) is 0 Å². The lowest BCUT2D eigenvalue weighted by molar-refractivity contribution is -0.142. The monoisotopic (exact) mass is 438 g/mol. The number of nitrogens with zero attached hydrogens (tertiary/aromatic N) is 2. The molecule has 162 valence electrons. The minimum atomic E-state index is -0.221. The summed E-state index contributed by atoms with van der Waals surface area (Å²) in [6, 6.07) is 16.7. The average molecular weight is 439 g/mol. The fraction of sp³-hybridized carbons (Fsp3) is 0.360. The van der Waals surface area contributed by atoms with Gasteiger partial charge >= 0.3 is 0 Å². The van der Waals surface area contributed by atoms with Crippen LogP contribution in [0.5, 0.6) is 5.75 Å². The predicted molar refractivity (Wildman–Crippen MR) is 124 cm³/mol. The molecule has 2 aliphatic heterocycles. The first-order valence-electron chi connectivity index (χ1n) is 10.8. The molecule has 2 aliphatic rings. The van der Waals surface area contributed by atoms with Gasteiger partial charge in [0, 0.05) is 50.3 Å². The van der Waals surface area contributed by atoms with E-state index in [0.717, 1.165) is 55.5 Å². The molecular weight excluding hydrogens is 412 g/mol. The summed E-state index contributed by atoms with van der Waals surface area (Å²) in [6.45, 7) is 2.20. The third kappa shape index (κ3) is 4.83. The Morgan fingerprint density at radius 3 is 2.48 bits per heavy atom. The van der Waals surface area contributed by atoms with Crippen molar-refractivity contribution in [1.82, 2.24) is 9.88 Å². The summed E-state index contributed by atoms with van der Waals surface area (Å²) < 4.78 is 11.7. The van der Waals surface area contributed by atoms with Crippen LogP contribution >= 0.6 is 12.4 Å². The van der Waals surface area contributed by atoms with Crippen LogP contribution in [0.1, 0.15) is 25.7 Å². The van der Waals surface area contributed by atoms with Crippen LogP contribution in [0.3, 0.4) is 0 Å². The smallest absolute Gasteiger partial charge is 0.251 e. The summed E-state index contributed by atoms with van der Waals surface area (Å²) in [6.07, 6.45) is 7.20. The summed E-state index contributed by atoms with van der Waals surface area (Å²) in [5, 5.41) is 2.33. The quantitative estimate of drug-likeness (QED) is 0.583. The zero-order valence-electron chi connectivity index (χ0n) is 17.4. The number of piperidine rings is 1. The van der Waals surface area contributed by atoms with Crippen LogP contribution in [-0.2, 0) is 9.53 Å². The molecule has 2 saturated heterocycles. The highest BCUT2D eigenvalue weighted by molar-refractivity contribution is 5.86. The number of ether oxygens (including phenoxy) is 2. The van der Waals surface area contributed by atoms with Crippen molar-refractivity contribution >= 4 is 29.1 Å². The van der Waals surface area contributed by atoms with Crippen molar-refractivity contribution in [3.05, 3.63) is 60.9 Å². The van der Waals surface area contributed by atoms with Gasteiger partial charge in [0.1, 0.15) is 18.0 Å². The number of aromatic nitrogens is 1. The number of hydrogen-bond donors (Lipinski definition) is 0. The lowest BCUT2D eigenvalue weighted by Crippen LogP contribution is -2.45. The summed E-state index contributed by atoms with van der Waals surface area (Å²) in [5.41, 5.74) is 2.35. The van der Waals surface area contributed by atoms with Gasteiger partial charge in [-0.1, -0.05) is 24.3 Å². The molecule has 0 saturated carbocycles. The Kier molecular flexibility index (Phi) is 6.73. The molecule has 2 fully saturated rings. The molecule has 0 spiro atoms. The Balaban J connectivity index is 0.00000231. The molecule has 0 radical (unpaired) electrons. The second-order valence-electron chi connectivity index (χ2n) is 8.11. The zero-order chi connectivity index (χ0) is 20.3. The second-order valence-corrected chi connectivity index (χ2v) is 8.11. The molecule has 0 N–H and O–H groups in total. The van der Waals surface area contributed by atoms with Gasteiger partial charge in [-0.25, -0.2) is 0 Å².